The molecule has 0 spiro atoms. The Labute approximate surface area is 86.9 Å². The van der Waals surface area contributed by atoms with Crippen LogP contribution >= 0.6 is 30.6 Å². The van der Waals surface area contributed by atoms with Crippen molar-refractivity contribution in [1.82, 2.24) is 0 Å². The van der Waals surface area contributed by atoms with E-state index in [1.165, 1.54) is 25.0 Å². The summed E-state index contributed by atoms with van der Waals surface area (Å²) in [5.41, 5.74) is 0. The number of unbranched alkanes of at least 4 members (excludes halogenated alkanes) is 3. The minimum absolute atomic E-state index is 0.357. The number of rotatable bonds is 7. The molecular weight excluding hydrogens is 209 g/mol. The van der Waals surface area contributed by atoms with E-state index in [-0.39, 0.29) is 0 Å². The van der Waals surface area contributed by atoms with Gasteiger partial charge in [-0.05, 0) is 28.1 Å². The Kier molecular flexibility index (Phi) is 18.9. The van der Waals surface area contributed by atoms with Crippen molar-refractivity contribution in [2.24, 2.45) is 0 Å². The molecule has 2 N–H and O–H groups in total. The van der Waals surface area contributed by atoms with Gasteiger partial charge in [-0.25, -0.2) is 0 Å². The fourth-order valence-electron chi connectivity index (χ4n) is 0.710. The van der Waals surface area contributed by atoms with E-state index in [1.807, 2.05) is 21.6 Å². The van der Waals surface area contributed by atoms with E-state index in [1.54, 1.807) is 0 Å². The van der Waals surface area contributed by atoms with Gasteiger partial charge in [0.15, 0.2) is 1.41 Å². The smallest absolute Gasteiger partial charge is 0.192 e. The molecular formula is C7H18NOPS2. The molecule has 0 rings (SSSR count). The van der Waals surface area contributed by atoms with Crippen LogP contribution < -0.4 is 0 Å². The summed E-state index contributed by atoms with van der Waals surface area (Å²) >= 11 is 0. The summed E-state index contributed by atoms with van der Waals surface area (Å²) in [5.74, 6) is 1.26. The van der Waals surface area contributed by atoms with Crippen molar-refractivity contribution in [2.45, 2.75) is 25.7 Å². The first-order valence-corrected chi connectivity index (χ1v) is 7.08. The van der Waals surface area contributed by atoms with Crippen LogP contribution in [0.15, 0.2) is 0 Å². The first-order valence-electron chi connectivity index (χ1n) is 4.35. The molecule has 12 heavy (non-hydrogen) atoms. The van der Waals surface area contributed by atoms with Crippen LogP contribution in [-0.2, 0) is 0 Å². The maximum atomic E-state index is 8.46. The summed E-state index contributed by atoms with van der Waals surface area (Å²) in [5, 5.41) is 11.0. The SMILES string of the molecule is CSSCCCCCCO.[2H]N=P. The molecule has 0 heterocycles. The lowest BCUT2D eigenvalue weighted by Gasteiger charge is -1.97. The van der Waals surface area contributed by atoms with Crippen molar-refractivity contribution in [1.29, 1.82) is 5.15 Å². The molecule has 0 aliphatic rings. The largest absolute Gasteiger partial charge is 0.396 e. The van der Waals surface area contributed by atoms with Crippen LogP contribution in [-0.4, -0.2) is 23.7 Å². The maximum absolute atomic E-state index is 8.46. The molecule has 2 nitrogen and oxygen atoms in total. The van der Waals surface area contributed by atoms with E-state index in [9.17, 15) is 0 Å². The molecule has 0 amide bonds. The number of hydrogen-bond acceptors (Lipinski definition) is 4. The molecule has 0 fully saturated rings. The standard InChI is InChI=1S/C7H16OS2.H2NP/c1-9-10-7-5-3-2-4-6-8;1-2/h8H,2-7H2,1H3;1-2H/i/hD. The van der Waals surface area contributed by atoms with E-state index in [0.29, 0.717) is 6.61 Å². The van der Waals surface area contributed by atoms with Crippen LogP contribution in [0.5, 0.6) is 0 Å². The van der Waals surface area contributed by atoms with Crippen molar-refractivity contribution in [3.05, 3.63) is 0 Å². The zero-order chi connectivity index (χ0) is 10.4. The van der Waals surface area contributed by atoms with Gasteiger partial charge in [0.05, 0.1) is 0 Å². The Bertz CT molecular complexity index is 92.6. The number of aliphatic hydroxyl groups is 1. The predicted octanol–water partition coefficient (Wildman–Crippen LogP) is 3.44. The van der Waals surface area contributed by atoms with Crippen molar-refractivity contribution in [2.75, 3.05) is 18.6 Å². The van der Waals surface area contributed by atoms with E-state index in [0.717, 1.165) is 6.42 Å². The average molecular weight is 228 g/mol. The second-order valence-electron chi connectivity index (χ2n) is 2.13. The van der Waals surface area contributed by atoms with Gasteiger partial charge >= 0.3 is 0 Å². The topological polar surface area (TPSA) is 44.1 Å². The lowest BCUT2D eigenvalue weighted by molar-refractivity contribution is 0.283. The van der Waals surface area contributed by atoms with E-state index >= 15 is 0 Å². The third-order valence-electron chi connectivity index (χ3n) is 1.25. The highest BCUT2D eigenvalue weighted by Crippen LogP contribution is 2.18. The molecule has 0 radical (unpaired) electrons. The van der Waals surface area contributed by atoms with Crippen molar-refractivity contribution < 1.29 is 6.52 Å². The molecule has 0 aliphatic carbocycles. The first kappa shape index (κ1) is 12.8. The fourth-order valence-corrected chi connectivity index (χ4v) is 2.05. The molecule has 5 heteroatoms. The maximum Gasteiger partial charge on any atom is 0.192 e. The number of nitrogens with one attached hydrogen (secondary N) is 1. The zero-order valence-electron chi connectivity index (χ0n) is 8.45. The van der Waals surface area contributed by atoms with Gasteiger partial charge in [-0.3, -0.25) is 5.15 Å². The molecule has 0 unspecified atom stereocenters. The second-order valence-corrected chi connectivity index (χ2v) is 4.81. The number of hydrogen-bond donors (Lipinski definition) is 2. The predicted molar refractivity (Wildman–Crippen MR) is 62.6 cm³/mol. The molecule has 0 aromatic heterocycles. The minimum atomic E-state index is 0.357. The second kappa shape index (κ2) is 17.7. The van der Waals surface area contributed by atoms with E-state index < -0.39 is 0 Å². The summed E-state index contributed by atoms with van der Waals surface area (Å²) in [6.45, 7) is 0.357. The molecule has 0 atom stereocenters. The molecule has 0 aromatic rings. The van der Waals surface area contributed by atoms with Gasteiger partial charge in [0.1, 0.15) is 0 Å². The molecule has 74 valence electrons. The van der Waals surface area contributed by atoms with Crippen LogP contribution in [0.2, 0.25) is 1.41 Å². The Morgan fingerprint density at radius 1 is 1.42 bits per heavy atom. The van der Waals surface area contributed by atoms with Crippen LogP contribution in [0, 0.1) is 5.15 Å². The highest BCUT2D eigenvalue weighted by molar-refractivity contribution is 8.76. The molecule has 0 aliphatic heterocycles. The summed E-state index contributed by atoms with van der Waals surface area (Å²) in [7, 11) is 6.23. The van der Waals surface area contributed by atoms with Gasteiger partial charge in [0.25, 0.3) is 0 Å². The third kappa shape index (κ3) is 17.0. The monoisotopic (exact) mass is 228 g/mol. The van der Waals surface area contributed by atoms with Crippen LogP contribution in [0.4, 0.5) is 0 Å². The van der Waals surface area contributed by atoms with Gasteiger partial charge in [0.2, 0.25) is 0 Å². The zero-order valence-corrected chi connectivity index (χ0v) is 10.1. The highest BCUT2D eigenvalue weighted by atomic mass is 33.1. The average Bonchev–Trinajstić information content (AvgIpc) is 2.13. The van der Waals surface area contributed by atoms with E-state index in [4.69, 9.17) is 6.52 Å². The fraction of sp³-hybridized carbons (Fsp3) is 1.00. The van der Waals surface area contributed by atoms with E-state index in [2.05, 4.69) is 20.4 Å². The Morgan fingerprint density at radius 2 is 2.00 bits per heavy atom. The summed E-state index contributed by atoms with van der Waals surface area (Å²) < 4.78 is 5.75. The molecule has 0 aromatic carbocycles. The Morgan fingerprint density at radius 3 is 2.50 bits per heavy atom. The van der Waals surface area contributed by atoms with Gasteiger partial charge in [-0.2, -0.15) is 0 Å². The lowest BCUT2D eigenvalue weighted by atomic mass is 10.2. The quantitative estimate of drug-likeness (QED) is 0.398. The van der Waals surface area contributed by atoms with Gasteiger partial charge in [-0.15, -0.1) is 0 Å². The Balaban J connectivity index is 0. The minimum Gasteiger partial charge on any atom is -0.396 e. The third-order valence-corrected chi connectivity index (χ3v) is 3.15. The van der Waals surface area contributed by atoms with Crippen LogP contribution in [0.1, 0.15) is 25.7 Å². The van der Waals surface area contributed by atoms with Crippen molar-refractivity contribution >= 4 is 30.6 Å². The first-order chi connectivity index (χ1) is 6.33. The lowest BCUT2D eigenvalue weighted by Crippen LogP contribution is -1.83. The van der Waals surface area contributed by atoms with Crippen LogP contribution in [0.25, 0.3) is 0 Å². The van der Waals surface area contributed by atoms with Gasteiger partial charge < -0.3 is 5.11 Å². The molecule has 0 saturated heterocycles. The van der Waals surface area contributed by atoms with Crippen LogP contribution in [0.3, 0.4) is 0 Å². The summed E-state index contributed by atoms with van der Waals surface area (Å²) in [6, 6.07) is 0. The van der Waals surface area contributed by atoms with Crippen molar-refractivity contribution in [3.8, 4) is 0 Å². The van der Waals surface area contributed by atoms with Gasteiger partial charge in [0, 0.05) is 12.4 Å². The normalized spacial score (nSPS) is 9.67. The van der Waals surface area contributed by atoms with Gasteiger partial charge in [-0.1, -0.05) is 34.4 Å². The molecule has 0 saturated carbocycles. The summed E-state index contributed by atoms with van der Waals surface area (Å²) in [4.78, 5) is 0. The molecule has 0 bridgehead atoms. The summed E-state index contributed by atoms with van der Waals surface area (Å²) in [6.07, 6.45) is 6.84. The number of aliphatic hydroxyl groups excluding tert-OH is 1. The Hall–Kier alpha value is 0.760. The highest BCUT2D eigenvalue weighted by Gasteiger charge is 1.88. The van der Waals surface area contributed by atoms with Crippen molar-refractivity contribution in [3.63, 3.8) is 0 Å².